The van der Waals surface area contributed by atoms with Gasteiger partial charge in [0.05, 0.1) is 19.3 Å². The van der Waals surface area contributed by atoms with Crippen LogP contribution in [0, 0.1) is 0 Å². The van der Waals surface area contributed by atoms with Gasteiger partial charge in [-0.25, -0.2) is 0 Å². The van der Waals surface area contributed by atoms with E-state index in [0.29, 0.717) is 19.8 Å². The maximum atomic E-state index is 11.2. The summed E-state index contributed by atoms with van der Waals surface area (Å²) >= 11 is 0. The molecule has 0 saturated carbocycles. The van der Waals surface area contributed by atoms with Gasteiger partial charge in [0.2, 0.25) is 5.91 Å². The van der Waals surface area contributed by atoms with Crippen molar-refractivity contribution in [3.63, 3.8) is 0 Å². The predicted molar refractivity (Wildman–Crippen MR) is 58.6 cm³/mol. The molecular formula is C10H22N2O3. The highest BCUT2D eigenvalue weighted by atomic mass is 16.5. The number of hydrogen-bond acceptors (Lipinski definition) is 4. The summed E-state index contributed by atoms with van der Waals surface area (Å²) in [5.41, 5.74) is 0. The van der Waals surface area contributed by atoms with Gasteiger partial charge in [-0.15, -0.1) is 0 Å². The lowest BCUT2D eigenvalue weighted by atomic mass is 10.3. The van der Waals surface area contributed by atoms with Crippen molar-refractivity contribution < 1.29 is 14.6 Å². The molecule has 0 fully saturated rings. The van der Waals surface area contributed by atoms with Gasteiger partial charge in [-0.05, 0) is 20.8 Å². The van der Waals surface area contributed by atoms with Crippen LogP contribution in [0.25, 0.3) is 0 Å². The van der Waals surface area contributed by atoms with Crippen LogP contribution < -0.4 is 10.6 Å². The highest BCUT2D eigenvalue weighted by Crippen LogP contribution is 1.83. The number of aliphatic hydroxyl groups excluding tert-OH is 1. The number of hydrogen-bond donors (Lipinski definition) is 3. The number of ether oxygens (including phenoxy) is 1. The Morgan fingerprint density at radius 3 is 2.67 bits per heavy atom. The minimum Gasteiger partial charge on any atom is -0.389 e. The zero-order valence-corrected chi connectivity index (χ0v) is 9.75. The van der Waals surface area contributed by atoms with Crippen molar-refractivity contribution >= 4 is 5.91 Å². The lowest BCUT2D eigenvalue weighted by molar-refractivity contribution is -0.120. The molecule has 0 saturated heterocycles. The Kier molecular flexibility index (Phi) is 8.27. The molecule has 1 atom stereocenters. The smallest absolute Gasteiger partial charge is 0.234 e. The fourth-order valence-corrected chi connectivity index (χ4v) is 1.04. The van der Waals surface area contributed by atoms with Crippen LogP contribution in [0.1, 0.15) is 20.8 Å². The predicted octanol–water partition coefficient (Wildman–Crippen LogP) is -0.502. The van der Waals surface area contributed by atoms with Crippen LogP contribution in [0.2, 0.25) is 0 Å². The Hall–Kier alpha value is -0.650. The van der Waals surface area contributed by atoms with Crippen LogP contribution in [-0.2, 0) is 9.53 Å². The first-order chi connectivity index (χ1) is 7.06. The third-order valence-corrected chi connectivity index (χ3v) is 1.63. The second-order valence-corrected chi connectivity index (χ2v) is 3.67. The van der Waals surface area contributed by atoms with Crippen molar-refractivity contribution in [2.75, 3.05) is 26.3 Å². The Bertz CT molecular complexity index is 174. The molecule has 0 aliphatic heterocycles. The van der Waals surface area contributed by atoms with Crippen molar-refractivity contribution in [2.24, 2.45) is 0 Å². The van der Waals surface area contributed by atoms with Crippen molar-refractivity contribution in [2.45, 2.75) is 32.9 Å². The molecule has 0 aromatic rings. The maximum Gasteiger partial charge on any atom is 0.234 e. The monoisotopic (exact) mass is 218 g/mol. The summed E-state index contributed by atoms with van der Waals surface area (Å²) in [6, 6.07) is 0.146. The summed E-state index contributed by atoms with van der Waals surface area (Å²) in [6.45, 7) is 7.16. The molecule has 0 heterocycles. The highest BCUT2D eigenvalue weighted by Gasteiger charge is 2.06. The Labute approximate surface area is 91.2 Å². The summed E-state index contributed by atoms with van der Waals surface area (Å²) in [6.07, 6.45) is -0.559. The molecule has 15 heavy (non-hydrogen) atoms. The van der Waals surface area contributed by atoms with Gasteiger partial charge in [0.1, 0.15) is 0 Å². The largest absolute Gasteiger partial charge is 0.389 e. The zero-order chi connectivity index (χ0) is 11.7. The average Bonchev–Trinajstić information content (AvgIpc) is 2.13. The topological polar surface area (TPSA) is 70.6 Å². The number of aliphatic hydroxyl groups is 1. The van der Waals surface area contributed by atoms with Gasteiger partial charge < -0.3 is 20.5 Å². The maximum absolute atomic E-state index is 11.2. The minimum absolute atomic E-state index is 0.0615. The van der Waals surface area contributed by atoms with E-state index in [-0.39, 0.29) is 18.5 Å². The van der Waals surface area contributed by atoms with Crippen LogP contribution in [0.4, 0.5) is 0 Å². The van der Waals surface area contributed by atoms with Gasteiger partial charge in [-0.2, -0.15) is 0 Å². The van der Waals surface area contributed by atoms with E-state index in [0.717, 1.165) is 0 Å². The average molecular weight is 218 g/mol. The Morgan fingerprint density at radius 2 is 2.13 bits per heavy atom. The van der Waals surface area contributed by atoms with Crippen LogP contribution in [0.15, 0.2) is 0 Å². The molecule has 0 spiro atoms. The molecule has 5 nitrogen and oxygen atoms in total. The van der Waals surface area contributed by atoms with Gasteiger partial charge in [0, 0.05) is 19.2 Å². The van der Waals surface area contributed by atoms with Gasteiger partial charge in [-0.1, -0.05) is 0 Å². The zero-order valence-electron chi connectivity index (χ0n) is 9.75. The summed E-state index contributed by atoms with van der Waals surface area (Å²) in [7, 11) is 0. The molecule has 0 radical (unpaired) electrons. The molecule has 0 rings (SSSR count). The molecule has 3 N–H and O–H groups in total. The van der Waals surface area contributed by atoms with E-state index in [2.05, 4.69) is 10.6 Å². The van der Waals surface area contributed by atoms with E-state index >= 15 is 0 Å². The van der Waals surface area contributed by atoms with Gasteiger partial charge in [-0.3, -0.25) is 4.79 Å². The van der Waals surface area contributed by atoms with E-state index in [9.17, 15) is 9.90 Å². The quantitative estimate of drug-likeness (QED) is 0.513. The van der Waals surface area contributed by atoms with Gasteiger partial charge >= 0.3 is 0 Å². The van der Waals surface area contributed by atoms with Crippen molar-refractivity contribution in [3.8, 4) is 0 Å². The third kappa shape index (κ3) is 9.65. The standard InChI is InChI=1S/C10H22N2O3/c1-4-15-7-9(13)5-11-6-10(14)12-8(2)3/h8-9,11,13H,4-7H2,1-3H3,(H,12,14). The van der Waals surface area contributed by atoms with Crippen LogP contribution in [0.5, 0.6) is 0 Å². The fraction of sp³-hybridized carbons (Fsp3) is 0.900. The number of nitrogens with one attached hydrogen (secondary N) is 2. The summed E-state index contributed by atoms with van der Waals surface area (Å²) in [5, 5.41) is 15.0. The molecule has 1 amide bonds. The van der Waals surface area contributed by atoms with Crippen LogP contribution in [0.3, 0.4) is 0 Å². The molecule has 1 unspecified atom stereocenters. The molecular weight excluding hydrogens is 196 g/mol. The molecule has 0 aliphatic rings. The van der Waals surface area contributed by atoms with Crippen molar-refractivity contribution in [3.05, 3.63) is 0 Å². The number of amides is 1. The van der Waals surface area contributed by atoms with Gasteiger partial charge in [0.15, 0.2) is 0 Å². The Morgan fingerprint density at radius 1 is 1.47 bits per heavy atom. The molecule has 5 heteroatoms. The lowest BCUT2D eigenvalue weighted by Crippen LogP contribution is -2.40. The normalized spacial score (nSPS) is 12.9. The molecule has 0 aromatic heterocycles. The first-order valence-electron chi connectivity index (χ1n) is 5.32. The minimum atomic E-state index is -0.559. The first-order valence-corrected chi connectivity index (χ1v) is 5.32. The van der Waals surface area contributed by atoms with E-state index in [1.807, 2.05) is 20.8 Å². The lowest BCUT2D eigenvalue weighted by Gasteiger charge is -2.12. The summed E-state index contributed by atoms with van der Waals surface area (Å²) in [4.78, 5) is 11.2. The molecule has 90 valence electrons. The first kappa shape index (κ1) is 14.3. The molecule has 0 aliphatic carbocycles. The summed E-state index contributed by atoms with van der Waals surface area (Å²) in [5.74, 6) is -0.0615. The number of carbonyl (C=O) groups is 1. The fourth-order valence-electron chi connectivity index (χ4n) is 1.04. The van der Waals surface area contributed by atoms with E-state index < -0.39 is 6.10 Å². The van der Waals surface area contributed by atoms with Crippen LogP contribution >= 0.6 is 0 Å². The van der Waals surface area contributed by atoms with E-state index in [1.54, 1.807) is 0 Å². The third-order valence-electron chi connectivity index (χ3n) is 1.63. The summed E-state index contributed by atoms with van der Waals surface area (Å²) < 4.78 is 5.03. The Balaban J connectivity index is 3.40. The van der Waals surface area contributed by atoms with E-state index in [4.69, 9.17) is 4.74 Å². The van der Waals surface area contributed by atoms with Gasteiger partial charge in [0.25, 0.3) is 0 Å². The number of carbonyl (C=O) groups excluding carboxylic acids is 1. The van der Waals surface area contributed by atoms with Crippen LogP contribution in [-0.4, -0.2) is 49.5 Å². The molecule has 0 bridgehead atoms. The van der Waals surface area contributed by atoms with E-state index in [1.165, 1.54) is 0 Å². The van der Waals surface area contributed by atoms with Crippen molar-refractivity contribution in [1.29, 1.82) is 0 Å². The van der Waals surface area contributed by atoms with Crippen molar-refractivity contribution in [1.82, 2.24) is 10.6 Å². The second-order valence-electron chi connectivity index (χ2n) is 3.67. The molecule has 0 aromatic carbocycles. The highest BCUT2D eigenvalue weighted by molar-refractivity contribution is 5.78. The SMILES string of the molecule is CCOCC(O)CNCC(=O)NC(C)C. The number of rotatable bonds is 8. The second kappa shape index (κ2) is 8.64.